The minimum atomic E-state index is -1.96. The number of aliphatic hydroxyl groups is 4. The lowest BCUT2D eigenvalue weighted by atomic mass is 9.88. The van der Waals surface area contributed by atoms with Gasteiger partial charge in [-0.3, -0.25) is 4.79 Å². The predicted octanol–water partition coefficient (Wildman–Crippen LogP) is 0.935. The molecule has 1 saturated heterocycles. The van der Waals surface area contributed by atoms with Gasteiger partial charge < -0.3 is 35.2 Å². The van der Waals surface area contributed by atoms with Crippen LogP contribution in [0.1, 0.15) is 17.3 Å². The van der Waals surface area contributed by atoms with Gasteiger partial charge in [-0.2, -0.15) is 0 Å². The standard InChI is InChI=1S/C21H24ClNO7/c1-21(28)18(26)17(25)16(10-24)30-20(21)29-15-9-13(7-8-14(15)22)11-3-5-12(6-4-11)19(27)23-2/h3-9,16-18,20,24-26,28H,10H2,1-2H3,(H,23,27). The van der Waals surface area contributed by atoms with Crippen molar-refractivity contribution in [3.63, 3.8) is 0 Å². The summed E-state index contributed by atoms with van der Waals surface area (Å²) in [6.45, 7) is 0.689. The number of rotatable bonds is 5. The molecule has 162 valence electrons. The van der Waals surface area contributed by atoms with Crippen LogP contribution in [0.2, 0.25) is 5.02 Å². The number of ether oxygens (including phenoxy) is 2. The largest absolute Gasteiger partial charge is 0.460 e. The number of amides is 1. The van der Waals surface area contributed by atoms with E-state index in [1.54, 1.807) is 49.5 Å². The molecule has 5 unspecified atom stereocenters. The van der Waals surface area contributed by atoms with Crippen molar-refractivity contribution in [2.24, 2.45) is 0 Å². The lowest BCUT2D eigenvalue weighted by Gasteiger charge is -2.45. The number of benzene rings is 2. The van der Waals surface area contributed by atoms with Crippen LogP contribution in [0.3, 0.4) is 0 Å². The molecular formula is C21H24ClNO7. The highest BCUT2D eigenvalue weighted by molar-refractivity contribution is 6.32. The highest BCUT2D eigenvalue weighted by Gasteiger charge is 2.53. The maximum atomic E-state index is 11.7. The van der Waals surface area contributed by atoms with Crippen LogP contribution in [0.15, 0.2) is 42.5 Å². The summed E-state index contributed by atoms with van der Waals surface area (Å²) >= 11 is 6.24. The van der Waals surface area contributed by atoms with Crippen molar-refractivity contribution in [3.8, 4) is 16.9 Å². The van der Waals surface area contributed by atoms with E-state index in [2.05, 4.69) is 5.32 Å². The van der Waals surface area contributed by atoms with E-state index in [0.717, 1.165) is 11.1 Å². The van der Waals surface area contributed by atoms with Gasteiger partial charge in [0.05, 0.1) is 11.6 Å². The van der Waals surface area contributed by atoms with Gasteiger partial charge in [-0.25, -0.2) is 0 Å². The monoisotopic (exact) mass is 437 g/mol. The zero-order valence-electron chi connectivity index (χ0n) is 16.4. The highest BCUT2D eigenvalue weighted by atomic mass is 35.5. The Morgan fingerprint density at radius 2 is 1.83 bits per heavy atom. The first-order chi connectivity index (χ1) is 14.2. The van der Waals surface area contributed by atoms with Gasteiger partial charge in [0.2, 0.25) is 6.29 Å². The van der Waals surface area contributed by atoms with E-state index < -0.39 is 36.8 Å². The van der Waals surface area contributed by atoms with Crippen molar-refractivity contribution in [3.05, 3.63) is 53.1 Å². The van der Waals surface area contributed by atoms with Gasteiger partial charge in [-0.1, -0.05) is 29.8 Å². The Hall–Kier alpha value is -2.20. The molecular weight excluding hydrogens is 414 g/mol. The van der Waals surface area contributed by atoms with Gasteiger partial charge in [0.1, 0.15) is 24.1 Å². The van der Waals surface area contributed by atoms with Crippen molar-refractivity contribution in [1.82, 2.24) is 5.32 Å². The summed E-state index contributed by atoms with van der Waals surface area (Å²) in [5.74, 6) is -0.0207. The van der Waals surface area contributed by atoms with Gasteiger partial charge in [-0.15, -0.1) is 0 Å². The quantitative estimate of drug-likeness (QED) is 0.470. The van der Waals surface area contributed by atoms with Crippen LogP contribution in [0.5, 0.6) is 5.75 Å². The Kier molecular flexibility index (Phi) is 6.66. The third-order valence-electron chi connectivity index (χ3n) is 5.13. The van der Waals surface area contributed by atoms with Gasteiger partial charge in [0.25, 0.3) is 5.91 Å². The lowest BCUT2D eigenvalue weighted by molar-refractivity contribution is -0.314. The number of hydrogen-bond donors (Lipinski definition) is 5. The molecule has 1 amide bonds. The Bertz CT molecular complexity index is 903. The van der Waals surface area contributed by atoms with Crippen LogP contribution in [0.25, 0.3) is 11.1 Å². The molecule has 0 bridgehead atoms. The van der Waals surface area contributed by atoms with Crippen LogP contribution >= 0.6 is 11.6 Å². The average molecular weight is 438 g/mol. The molecule has 1 fully saturated rings. The Morgan fingerprint density at radius 1 is 1.20 bits per heavy atom. The number of nitrogens with one attached hydrogen (secondary N) is 1. The molecule has 0 aromatic heterocycles. The molecule has 3 rings (SSSR count). The lowest BCUT2D eigenvalue weighted by Crippen LogP contribution is -2.66. The molecule has 2 aromatic carbocycles. The first-order valence-corrected chi connectivity index (χ1v) is 9.70. The van der Waals surface area contributed by atoms with Gasteiger partial charge in [0, 0.05) is 12.6 Å². The second-order valence-electron chi connectivity index (χ2n) is 7.27. The first-order valence-electron chi connectivity index (χ1n) is 9.32. The molecule has 1 aliphatic heterocycles. The molecule has 5 atom stereocenters. The van der Waals surface area contributed by atoms with Gasteiger partial charge in [-0.05, 0) is 42.3 Å². The minimum absolute atomic E-state index is 0.176. The van der Waals surface area contributed by atoms with Crippen molar-refractivity contribution < 1.29 is 34.7 Å². The van der Waals surface area contributed by atoms with E-state index in [1.165, 1.54) is 6.92 Å². The topological polar surface area (TPSA) is 128 Å². The third-order valence-corrected chi connectivity index (χ3v) is 5.44. The smallest absolute Gasteiger partial charge is 0.251 e. The number of carbonyl (C=O) groups excluding carboxylic acids is 1. The van der Waals surface area contributed by atoms with Crippen LogP contribution < -0.4 is 10.1 Å². The zero-order valence-corrected chi connectivity index (χ0v) is 17.2. The summed E-state index contributed by atoms with van der Waals surface area (Å²) in [5, 5.41) is 43.0. The molecule has 30 heavy (non-hydrogen) atoms. The normalized spacial score (nSPS) is 28.8. The second kappa shape index (κ2) is 8.89. The van der Waals surface area contributed by atoms with E-state index >= 15 is 0 Å². The van der Waals surface area contributed by atoms with Crippen molar-refractivity contribution in [2.75, 3.05) is 13.7 Å². The van der Waals surface area contributed by atoms with Crippen molar-refractivity contribution in [2.45, 2.75) is 37.1 Å². The molecule has 1 heterocycles. The summed E-state index contributed by atoms with van der Waals surface area (Å²) in [7, 11) is 1.55. The SMILES string of the molecule is CNC(=O)c1ccc(-c2ccc(Cl)c(OC3OC(CO)C(O)C(O)C3(C)O)c2)cc1. The van der Waals surface area contributed by atoms with Crippen LogP contribution in [0, 0.1) is 0 Å². The number of halogens is 1. The van der Waals surface area contributed by atoms with Crippen molar-refractivity contribution in [1.29, 1.82) is 0 Å². The maximum absolute atomic E-state index is 11.7. The molecule has 0 spiro atoms. The second-order valence-corrected chi connectivity index (χ2v) is 7.68. The summed E-state index contributed by atoms with van der Waals surface area (Å²) in [4.78, 5) is 11.7. The van der Waals surface area contributed by atoms with E-state index in [-0.39, 0.29) is 16.7 Å². The molecule has 2 aromatic rings. The predicted molar refractivity (Wildman–Crippen MR) is 109 cm³/mol. The van der Waals surface area contributed by atoms with Gasteiger partial charge in [0.15, 0.2) is 5.60 Å². The van der Waals surface area contributed by atoms with Crippen LogP contribution in [0.4, 0.5) is 0 Å². The summed E-state index contributed by atoms with van der Waals surface area (Å²) < 4.78 is 11.2. The highest BCUT2D eigenvalue weighted by Crippen LogP contribution is 2.36. The minimum Gasteiger partial charge on any atom is -0.460 e. The Morgan fingerprint density at radius 3 is 2.43 bits per heavy atom. The Balaban J connectivity index is 1.87. The fourth-order valence-electron chi connectivity index (χ4n) is 3.21. The fraction of sp³-hybridized carbons (Fsp3) is 0.381. The fourth-order valence-corrected chi connectivity index (χ4v) is 3.37. The first kappa shape index (κ1) is 22.5. The molecule has 8 nitrogen and oxygen atoms in total. The molecule has 0 aliphatic carbocycles. The molecule has 0 saturated carbocycles. The average Bonchev–Trinajstić information content (AvgIpc) is 2.75. The summed E-state index contributed by atoms with van der Waals surface area (Å²) in [5.41, 5.74) is 0.0808. The van der Waals surface area contributed by atoms with Crippen molar-refractivity contribution >= 4 is 17.5 Å². The molecule has 5 N–H and O–H groups in total. The van der Waals surface area contributed by atoms with Crippen LogP contribution in [-0.4, -0.2) is 70.2 Å². The zero-order chi connectivity index (χ0) is 22.1. The maximum Gasteiger partial charge on any atom is 0.251 e. The van der Waals surface area contributed by atoms with Gasteiger partial charge >= 0.3 is 0 Å². The molecule has 0 radical (unpaired) electrons. The van der Waals surface area contributed by atoms with E-state index in [0.29, 0.717) is 5.56 Å². The number of carbonyl (C=O) groups is 1. The van der Waals surface area contributed by atoms with E-state index in [4.69, 9.17) is 21.1 Å². The summed E-state index contributed by atoms with van der Waals surface area (Å²) in [6, 6.07) is 11.9. The summed E-state index contributed by atoms with van der Waals surface area (Å²) in [6.07, 6.45) is -5.61. The molecule has 9 heteroatoms. The number of hydrogen-bond acceptors (Lipinski definition) is 7. The van der Waals surface area contributed by atoms with E-state index in [9.17, 15) is 25.2 Å². The van der Waals surface area contributed by atoms with E-state index in [1.807, 2.05) is 0 Å². The Labute approximate surface area is 178 Å². The number of aliphatic hydroxyl groups excluding tert-OH is 3. The third kappa shape index (κ3) is 4.29. The van der Waals surface area contributed by atoms with Crippen LogP contribution in [-0.2, 0) is 4.74 Å². The molecule has 1 aliphatic rings.